The van der Waals surface area contributed by atoms with Gasteiger partial charge in [0, 0.05) is 5.92 Å². The molecule has 0 aliphatic carbocycles. The van der Waals surface area contributed by atoms with Crippen LogP contribution in [0.1, 0.15) is 43.2 Å². The molecule has 1 aromatic rings. The van der Waals surface area contributed by atoms with Crippen LogP contribution in [0, 0.1) is 24.0 Å². The Bertz CT molecular complexity index is 445. The van der Waals surface area contributed by atoms with E-state index in [1.54, 1.807) is 0 Å². The zero-order chi connectivity index (χ0) is 13.1. The third kappa shape index (κ3) is 2.54. The fourth-order valence-electron chi connectivity index (χ4n) is 2.36. The molecule has 0 N–H and O–H groups in total. The first kappa shape index (κ1) is 13.0. The fourth-order valence-corrected chi connectivity index (χ4v) is 2.36. The zero-order valence-electron chi connectivity index (χ0n) is 10.4. The first-order chi connectivity index (χ1) is 8.65. The summed E-state index contributed by atoms with van der Waals surface area (Å²) in [6, 6.07) is 2.66. The Hall–Kier alpha value is -1.40. The van der Waals surface area contributed by atoms with Gasteiger partial charge in [-0.3, -0.25) is 0 Å². The maximum Gasteiger partial charge on any atom is 0.142 e. The second kappa shape index (κ2) is 5.49. The van der Waals surface area contributed by atoms with Gasteiger partial charge in [-0.15, -0.1) is 6.42 Å². The van der Waals surface area contributed by atoms with Gasteiger partial charge in [0.05, 0.1) is 18.3 Å². The van der Waals surface area contributed by atoms with Crippen LogP contribution < -0.4 is 0 Å². The van der Waals surface area contributed by atoms with Crippen LogP contribution in [-0.4, -0.2) is 12.7 Å². The lowest BCUT2D eigenvalue weighted by molar-refractivity contribution is 0.00194. The molecule has 0 saturated carbocycles. The summed E-state index contributed by atoms with van der Waals surface area (Å²) in [5.41, 5.74) is 0.348. The van der Waals surface area contributed by atoms with Crippen LogP contribution in [0.2, 0.25) is 0 Å². The molecule has 18 heavy (non-hydrogen) atoms. The highest BCUT2D eigenvalue weighted by molar-refractivity contribution is 5.38. The second-order valence-electron chi connectivity index (χ2n) is 4.64. The van der Waals surface area contributed by atoms with Crippen molar-refractivity contribution in [3.8, 4) is 12.3 Å². The topological polar surface area (TPSA) is 9.23 Å². The van der Waals surface area contributed by atoms with Crippen molar-refractivity contribution in [2.75, 3.05) is 6.61 Å². The minimum absolute atomic E-state index is 0.0589. The van der Waals surface area contributed by atoms with E-state index in [9.17, 15) is 8.78 Å². The molecule has 1 aliphatic rings. The van der Waals surface area contributed by atoms with Crippen molar-refractivity contribution in [2.24, 2.45) is 0 Å². The highest BCUT2D eigenvalue weighted by Crippen LogP contribution is 2.30. The molecule has 2 unspecified atom stereocenters. The molecule has 0 spiro atoms. The van der Waals surface area contributed by atoms with Crippen molar-refractivity contribution in [1.29, 1.82) is 0 Å². The molecule has 1 nitrogen and oxygen atoms in total. The van der Waals surface area contributed by atoms with Gasteiger partial charge in [0.2, 0.25) is 0 Å². The molecule has 2 atom stereocenters. The van der Waals surface area contributed by atoms with E-state index < -0.39 is 11.6 Å². The minimum atomic E-state index is -0.662. The molecule has 0 radical (unpaired) electrons. The number of hydrogen-bond donors (Lipinski definition) is 0. The SMILES string of the molecule is C#Cc1c(F)cc(C2CCC(CC)OC2)cc1F. The predicted octanol–water partition coefficient (Wildman–Crippen LogP) is 3.62. The molecular weight excluding hydrogens is 234 g/mol. The highest BCUT2D eigenvalue weighted by atomic mass is 19.1. The van der Waals surface area contributed by atoms with E-state index in [0.717, 1.165) is 19.3 Å². The lowest BCUT2D eigenvalue weighted by Gasteiger charge is -2.28. The highest BCUT2D eigenvalue weighted by Gasteiger charge is 2.23. The molecule has 1 aliphatic heterocycles. The number of rotatable bonds is 2. The second-order valence-corrected chi connectivity index (χ2v) is 4.64. The van der Waals surface area contributed by atoms with Crippen LogP contribution >= 0.6 is 0 Å². The molecule has 2 rings (SSSR count). The average molecular weight is 250 g/mol. The van der Waals surface area contributed by atoms with Crippen molar-refractivity contribution in [1.82, 2.24) is 0 Å². The van der Waals surface area contributed by atoms with E-state index in [1.807, 2.05) is 5.92 Å². The third-order valence-electron chi connectivity index (χ3n) is 3.51. The van der Waals surface area contributed by atoms with Crippen molar-refractivity contribution >= 4 is 0 Å². The minimum Gasteiger partial charge on any atom is -0.378 e. The van der Waals surface area contributed by atoms with Gasteiger partial charge in [-0.25, -0.2) is 8.78 Å². The van der Waals surface area contributed by atoms with Gasteiger partial charge in [0.15, 0.2) is 0 Å². The maximum absolute atomic E-state index is 13.6. The summed E-state index contributed by atoms with van der Waals surface area (Å²) in [6.07, 6.45) is 8.15. The summed E-state index contributed by atoms with van der Waals surface area (Å²) in [7, 11) is 0. The molecule has 1 aromatic carbocycles. The van der Waals surface area contributed by atoms with Gasteiger partial charge in [0.1, 0.15) is 11.6 Å². The largest absolute Gasteiger partial charge is 0.378 e. The molecule has 1 heterocycles. The fraction of sp³-hybridized carbons (Fsp3) is 0.467. The summed E-state index contributed by atoms with van der Waals surface area (Å²) < 4.78 is 32.8. The van der Waals surface area contributed by atoms with E-state index in [0.29, 0.717) is 12.2 Å². The van der Waals surface area contributed by atoms with Gasteiger partial charge in [0.25, 0.3) is 0 Å². The number of ether oxygens (including phenoxy) is 1. The zero-order valence-corrected chi connectivity index (χ0v) is 10.4. The number of benzene rings is 1. The predicted molar refractivity (Wildman–Crippen MR) is 66.3 cm³/mol. The van der Waals surface area contributed by atoms with Crippen LogP contribution in [0.5, 0.6) is 0 Å². The number of hydrogen-bond acceptors (Lipinski definition) is 1. The Morgan fingerprint density at radius 3 is 2.44 bits per heavy atom. The summed E-state index contributed by atoms with van der Waals surface area (Å²) in [5.74, 6) is 0.764. The Balaban J connectivity index is 2.18. The Morgan fingerprint density at radius 2 is 2.00 bits per heavy atom. The molecule has 1 fully saturated rings. The van der Waals surface area contributed by atoms with E-state index in [-0.39, 0.29) is 17.6 Å². The molecule has 0 aromatic heterocycles. The van der Waals surface area contributed by atoms with Gasteiger partial charge in [-0.2, -0.15) is 0 Å². The van der Waals surface area contributed by atoms with Crippen LogP contribution in [-0.2, 0) is 4.74 Å². The van der Waals surface area contributed by atoms with Gasteiger partial charge >= 0.3 is 0 Å². The quantitative estimate of drug-likeness (QED) is 0.728. The van der Waals surface area contributed by atoms with Crippen LogP contribution in [0.15, 0.2) is 12.1 Å². The third-order valence-corrected chi connectivity index (χ3v) is 3.51. The van der Waals surface area contributed by atoms with E-state index in [4.69, 9.17) is 11.2 Å². The van der Waals surface area contributed by atoms with E-state index in [2.05, 4.69) is 6.92 Å². The van der Waals surface area contributed by atoms with Gasteiger partial charge in [-0.1, -0.05) is 12.8 Å². The Kier molecular flexibility index (Phi) is 3.98. The Morgan fingerprint density at radius 1 is 1.33 bits per heavy atom. The maximum atomic E-state index is 13.6. The van der Waals surface area contributed by atoms with Gasteiger partial charge in [-0.05, 0) is 37.0 Å². The van der Waals surface area contributed by atoms with Crippen LogP contribution in [0.3, 0.4) is 0 Å². The summed E-state index contributed by atoms with van der Waals surface area (Å²) in [5, 5.41) is 0. The normalized spacial score (nSPS) is 23.7. The molecular formula is C15H16F2O. The van der Waals surface area contributed by atoms with E-state index >= 15 is 0 Å². The summed E-state index contributed by atoms with van der Waals surface area (Å²) >= 11 is 0. The van der Waals surface area contributed by atoms with Crippen LogP contribution in [0.4, 0.5) is 8.78 Å². The Labute approximate surface area is 106 Å². The van der Waals surface area contributed by atoms with Crippen molar-refractivity contribution in [2.45, 2.75) is 38.2 Å². The van der Waals surface area contributed by atoms with Crippen molar-refractivity contribution in [3.05, 3.63) is 34.9 Å². The summed E-state index contributed by atoms with van der Waals surface area (Å²) in [4.78, 5) is 0. The van der Waals surface area contributed by atoms with Crippen LogP contribution in [0.25, 0.3) is 0 Å². The lowest BCUT2D eigenvalue weighted by atomic mass is 9.90. The number of halogens is 2. The molecule has 0 amide bonds. The number of terminal acetylenes is 1. The summed E-state index contributed by atoms with van der Waals surface area (Å²) in [6.45, 7) is 2.60. The smallest absolute Gasteiger partial charge is 0.142 e. The van der Waals surface area contributed by atoms with Crippen molar-refractivity contribution in [3.63, 3.8) is 0 Å². The first-order valence-corrected chi connectivity index (χ1v) is 6.22. The van der Waals surface area contributed by atoms with Gasteiger partial charge < -0.3 is 4.74 Å². The molecule has 3 heteroatoms. The standard InChI is InChI=1S/C15H16F2O/c1-3-12-6-5-10(9-18-12)11-7-14(16)13(4-2)15(17)8-11/h2,7-8,10,12H,3,5-6,9H2,1H3. The molecule has 0 bridgehead atoms. The van der Waals surface area contributed by atoms with E-state index in [1.165, 1.54) is 12.1 Å². The molecule has 96 valence electrons. The monoisotopic (exact) mass is 250 g/mol. The molecule has 1 saturated heterocycles. The first-order valence-electron chi connectivity index (χ1n) is 6.22. The average Bonchev–Trinajstić information content (AvgIpc) is 2.38. The lowest BCUT2D eigenvalue weighted by Crippen LogP contribution is -2.24. The van der Waals surface area contributed by atoms with Crippen molar-refractivity contribution < 1.29 is 13.5 Å².